The van der Waals surface area contributed by atoms with Gasteiger partial charge < -0.3 is 11.1 Å². The molecule has 1 aromatic carbocycles. The normalized spacial score (nSPS) is 10.1. The number of carbonyl (C=O) groups excluding carboxylic acids is 1. The third kappa shape index (κ3) is 4.43. The SMILES string of the molecule is Nc1ccc(CNC(=O)CCc2ccccn2)cc1. The molecule has 0 aliphatic rings. The Morgan fingerprint density at radius 1 is 1.16 bits per heavy atom. The lowest BCUT2D eigenvalue weighted by Gasteiger charge is -2.05. The molecule has 0 fully saturated rings. The Kier molecular flexibility index (Phi) is 4.50. The van der Waals surface area contributed by atoms with Gasteiger partial charge in [0.2, 0.25) is 5.91 Å². The van der Waals surface area contributed by atoms with E-state index in [9.17, 15) is 4.79 Å². The van der Waals surface area contributed by atoms with Crippen molar-refractivity contribution < 1.29 is 4.79 Å². The number of nitrogens with zero attached hydrogens (tertiary/aromatic N) is 1. The number of nitrogens with one attached hydrogen (secondary N) is 1. The first-order valence-corrected chi connectivity index (χ1v) is 6.25. The molecule has 4 nitrogen and oxygen atoms in total. The van der Waals surface area contributed by atoms with E-state index in [1.807, 2.05) is 42.5 Å². The molecule has 0 spiro atoms. The predicted molar refractivity (Wildman–Crippen MR) is 75.3 cm³/mol. The van der Waals surface area contributed by atoms with Crippen molar-refractivity contribution in [2.24, 2.45) is 0 Å². The summed E-state index contributed by atoms with van der Waals surface area (Å²) in [4.78, 5) is 15.9. The number of rotatable bonds is 5. The molecule has 19 heavy (non-hydrogen) atoms. The maximum atomic E-state index is 11.7. The number of hydrogen-bond donors (Lipinski definition) is 2. The molecular formula is C15H17N3O. The van der Waals surface area contributed by atoms with Crippen LogP contribution in [0.15, 0.2) is 48.7 Å². The minimum Gasteiger partial charge on any atom is -0.399 e. The van der Waals surface area contributed by atoms with Crippen LogP contribution in [0, 0.1) is 0 Å². The lowest BCUT2D eigenvalue weighted by atomic mass is 10.2. The number of aromatic nitrogens is 1. The number of hydrogen-bond acceptors (Lipinski definition) is 3. The van der Waals surface area contributed by atoms with Gasteiger partial charge in [-0.1, -0.05) is 18.2 Å². The number of anilines is 1. The molecule has 2 aromatic rings. The van der Waals surface area contributed by atoms with Crippen LogP contribution in [0.4, 0.5) is 5.69 Å². The monoisotopic (exact) mass is 255 g/mol. The van der Waals surface area contributed by atoms with Gasteiger partial charge in [-0.25, -0.2) is 0 Å². The van der Waals surface area contributed by atoms with Crippen LogP contribution < -0.4 is 11.1 Å². The second kappa shape index (κ2) is 6.54. The quantitative estimate of drug-likeness (QED) is 0.802. The fraction of sp³-hybridized carbons (Fsp3) is 0.200. The summed E-state index contributed by atoms with van der Waals surface area (Å²) in [5.74, 6) is 0.0301. The Morgan fingerprint density at radius 2 is 1.95 bits per heavy atom. The van der Waals surface area contributed by atoms with E-state index in [1.165, 1.54) is 0 Å². The number of benzene rings is 1. The molecule has 0 saturated heterocycles. The van der Waals surface area contributed by atoms with E-state index in [1.54, 1.807) is 6.20 Å². The third-order valence-corrected chi connectivity index (χ3v) is 2.80. The molecule has 4 heteroatoms. The average molecular weight is 255 g/mol. The smallest absolute Gasteiger partial charge is 0.220 e. The Hall–Kier alpha value is -2.36. The summed E-state index contributed by atoms with van der Waals surface area (Å²) < 4.78 is 0. The van der Waals surface area contributed by atoms with Gasteiger partial charge in [0.25, 0.3) is 0 Å². The molecule has 0 bridgehead atoms. The Labute approximate surface area is 112 Å². The molecule has 0 aliphatic heterocycles. The van der Waals surface area contributed by atoms with Crippen molar-refractivity contribution in [2.75, 3.05) is 5.73 Å². The molecule has 98 valence electrons. The third-order valence-electron chi connectivity index (χ3n) is 2.80. The van der Waals surface area contributed by atoms with Crippen LogP contribution in [0.3, 0.4) is 0 Å². The number of amides is 1. The van der Waals surface area contributed by atoms with Crippen LogP contribution in [0.1, 0.15) is 17.7 Å². The molecule has 0 unspecified atom stereocenters. The second-order valence-corrected chi connectivity index (χ2v) is 4.34. The van der Waals surface area contributed by atoms with Crippen LogP contribution in [0.25, 0.3) is 0 Å². The molecule has 1 aromatic heterocycles. The Morgan fingerprint density at radius 3 is 2.63 bits per heavy atom. The molecule has 2 rings (SSSR count). The van der Waals surface area contributed by atoms with Gasteiger partial charge >= 0.3 is 0 Å². The van der Waals surface area contributed by atoms with Crippen LogP contribution in [-0.4, -0.2) is 10.9 Å². The maximum Gasteiger partial charge on any atom is 0.220 e. The molecule has 1 heterocycles. The molecule has 3 N–H and O–H groups in total. The standard InChI is InChI=1S/C15H17N3O/c16-13-6-4-12(5-7-13)11-18-15(19)9-8-14-3-1-2-10-17-14/h1-7,10H,8-9,11,16H2,(H,18,19). The van der Waals surface area contributed by atoms with E-state index < -0.39 is 0 Å². The number of pyridine rings is 1. The van der Waals surface area contributed by atoms with Gasteiger partial charge in [0.15, 0.2) is 0 Å². The topological polar surface area (TPSA) is 68.0 Å². The van der Waals surface area contributed by atoms with Crippen LogP contribution in [0.2, 0.25) is 0 Å². The average Bonchev–Trinajstić information content (AvgIpc) is 2.45. The molecule has 0 radical (unpaired) electrons. The molecule has 1 amide bonds. The van der Waals surface area contributed by atoms with Crippen LogP contribution in [0.5, 0.6) is 0 Å². The van der Waals surface area contributed by atoms with Crippen molar-refractivity contribution in [3.8, 4) is 0 Å². The number of nitrogens with two attached hydrogens (primary N) is 1. The summed E-state index contributed by atoms with van der Waals surface area (Å²) >= 11 is 0. The zero-order valence-corrected chi connectivity index (χ0v) is 10.7. The summed E-state index contributed by atoms with van der Waals surface area (Å²) in [6.45, 7) is 0.529. The maximum absolute atomic E-state index is 11.7. The molecule has 0 atom stereocenters. The summed E-state index contributed by atoms with van der Waals surface area (Å²) in [6, 6.07) is 13.2. The minimum atomic E-state index is 0.0301. The molecule has 0 saturated carbocycles. The molecular weight excluding hydrogens is 238 g/mol. The van der Waals surface area contributed by atoms with E-state index in [-0.39, 0.29) is 5.91 Å². The largest absolute Gasteiger partial charge is 0.399 e. The first kappa shape index (κ1) is 13.1. The van der Waals surface area contributed by atoms with Crippen molar-refractivity contribution in [1.82, 2.24) is 10.3 Å². The van der Waals surface area contributed by atoms with E-state index in [4.69, 9.17) is 5.73 Å². The summed E-state index contributed by atoms with van der Waals surface area (Å²) in [5.41, 5.74) is 8.30. The predicted octanol–water partition coefficient (Wildman–Crippen LogP) is 1.91. The van der Waals surface area contributed by atoms with Crippen molar-refractivity contribution in [3.05, 3.63) is 59.9 Å². The summed E-state index contributed by atoms with van der Waals surface area (Å²) in [5, 5.41) is 2.88. The first-order valence-electron chi connectivity index (χ1n) is 6.25. The fourth-order valence-corrected chi connectivity index (χ4v) is 1.71. The van der Waals surface area contributed by atoms with Gasteiger partial charge in [0, 0.05) is 30.5 Å². The van der Waals surface area contributed by atoms with Gasteiger partial charge in [0.05, 0.1) is 0 Å². The zero-order valence-electron chi connectivity index (χ0n) is 10.7. The van der Waals surface area contributed by atoms with Gasteiger partial charge in [0.1, 0.15) is 0 Å². The highest BCUT2D eigenvalue weighted by Crippen LogP contribution is 2.05. The Balaban J connectivity index is 1.74. The van der Waals surface area contributed by atoms with Gasteiger partial charge in [-0.15, -0.1) is 0 Å². The molecule has 0 aliphatic carbocycles. The summed E-state index contributed by atoms with van der Waals surface area (Å²) in [6.07, 6.45) is 2.85. The van der Waals surface area contributed by atoms with E-state index in [0.717, 1.165) is 16.9 Å². The van der Waals surface area contributed by atoms with E-state index >= 15 is 0 Å². The highest BCUT2D eigenvalue weighted by molar-refractivity contribution is 5.76. The van der Waals surface area contributed by atoms with Crippen molar-refractivity contribution >= 4 is 11.6 Å². The highest BCUT2D eigenvalue weighted by Gasteiger charge is 2.02. The van der Waals surface area contributed by atoms with Crippen LogP contribution >= 0.6 is 0 Å². The Bertz CT molecular complexity index is 523. The van der Waals surface area contributed by atoms with Gasteiger partial charge in [-0.2, -0.15) is 0 Å². The fourth-order valence-electron chi connectivity index (χ4n) is 1.71. The minimum absolute atomic E-state index is 0.0301. The number of carbonyl (C=O) groups is 1. The van der Waals surface area contributed by atoms with Gasteiger partial charge in [-0.3, -0.25) is 9.78 Å². The summed E-state index contributed by atoms with van der Waals surface area (Å²) in [7, 11) is 0. The lowest BCUT2D eigenvalue weighted by molar-refractivity contribution is -0.121. The number of nitrogen functional groups attached to an aromatic ring is 1. The van der Waals surface area contributed by atoms with Crippen LogP contribution in [-0.2, 0) is 17.8 Å². The van der Waals surface area contributed by atoms with E-state index in [0.29, 0.717) is 19.4 Å². The van der Waals surface area contributed by atoms with Gasteiger partial charge in [-0.05, 0) is 36.2 Å². The van der Waals surface area contributed by atoms with Crippen molar-refractivity contribution in [2.45, 2.75) is 19.4 Å². The number of aryl methyl sites for hydroxylation is 1. The van der Waals surface area contributed by atoms with Crippen molar-refractivity contribution in [3.63, 3.8) is 0 Å². The highest BCUT2D eigenvalue weighted by atomic mass is 16.1. The lowest BCUT2D eigenvalue weighted by Crippen LogP contribution is -2.23. The zero-order chi connectivity index (χ0) is 13.5. The second-order valence-electron chi connectivity index (χ2n) is 4.34. The first-order chi connectivity index (χ1) is 9.24. The van der Waals surface area contributed by atoms with E-state index in [2.05, 4.69) is 10.3 Å². The van der Waals surface area contributed by atoms with Crippen molar-refractivity contribution in [1.29, 1.82) is 0 Å².